The van der Waals surface area contributed by atoms with Gasteiger partial charge in [0.2, 0.25) is 0 Å². The first-order valence-electron chi connectivity index (χ1n) is 6.26. The normalized spacial score (nSPS) is 22.6. The van der Waals surface area contributed by atoms with Crippen molar-refractivity contribution < 1.29 is 9.53 Å². The fourth-order valence-corrected chi connectivity index (χ4v) is 2.60. The van der Waals surface area contributed by atoms with Crippen LogP contribution in [0, 0.1) is 5.92 Å². The van der Waals surface area contributed by atoms with E-state index in [-0.39, 0.29) is 11.9 Å². The summed E-state index contributed by atoms with van der Waals surface area (Å²) in [5, 5.41) is 0. The highest BCUT2D eigenvalue weighted by atomic mass is 16.5. The summed E-state index contributed by atoms with van der Waals surface area (Å²) in [6.07, 6.45) is 17.9. The summed E-state index contributed by atoms with van der Waals surface area (Å²) in [6.45, 7) is 3.70. The highest BCUT2D eigenvalue weighted by molar-refractivity contribution is 5.81. The third-order valence-corrected chi connectivity index (χ3v) is 3.50. The maximum absolute atomic E-state index is 11.2. The zero-order chi connectivity index (χ0) is 13.2. The molecule has 2 nitrogen and oxygen atoms in total. The minimum absolute atomic E-state index is 0.289. The van der Waals surface area contributed by atoms with Gasteiger partial charge in [-0.3, -0.25) is 0 Å². The topological polar surface area (TPSA) is 26.3 Å². The predicted octanol–water partition coefficient (Wildman–Crippen LogP) is 3.19. The molecule has 3 aliphatic carbocycles. The van der Waals surface area contributed by atoms with Gasteiger partial charge in [0.05, 0.1) is 0 Å². The molecule has 0 amide bonds. The van der Waals surface area contributed by atoms with E-state index in [0.29, 0.717) is 6.61 Å². The molecule has 1 atom stereocenters. The Kier molecular flexibility index (Phi) is 2.92. The molecule has 0 fully saturated rings. The van der Waals surface area contributed by atoms with Crippen LogP contribution < -0.4 is 0 Å². The Labute approximate surface area is 112 Å². The standard InChI is InChI=1S/C17H14O2/c1-2-16(18)19-11-14-10-9-13-6-3-5-12-7-4-8-15(14)17(12)13/h2-10,17H,1,11H2/t17-/m1/s1. The summed E-state index contributed by atoms with van der Waals surface area (Å²) in [5.41, 5.74) is 4.83. The molecular formula is C17H14O2. The molecule has 0 saturated heterocycles. The van der Waals surface area contributed by atoms with Crippen LogP contribution in [0.1, 0.15) is 0 Å². The number of ether oxygens (including phenoxy) is 1. The van der Waals surface area contributed by atoms with Crippen molar-refractivity contribution in [1.29, 1.82) is 0 Å². The van der Waals surface area contributed by atoms with Gasteiger partial charge in [-0.1, -0.05) is 55.2 Å². The third kappa shape index (κ3) is 2.06. The summed E-state index contributed by atoms with van der Waals surface area (Å²) in [4.78, 5) is 11.2. The number of carbonyl (C=O) groups is 1. The molecule has 0 aromatic rings. The van der Waals surface area contributed by atoms with Crippen molar-refractivity contribution in [1.82, 2.24) is 0 Å². The SMILES string of the molecule is C=CC(=O)OCC1=CC=C2C=CC=C3C=CC=C1[C@H]32. The first kappa shape index (κ1) is 11.7. The van der Waals surface area contributed by atoms with E-state index in [1.165, 1.54) is 22.8 Å². The molecule has 0 heterocycles. The number of esters is 1. The van der Waals surface area contributed by atoms with E-state index in [4.69, 9.17) is 4.74 Å². The van der Waals surface area contributed by atoms with Crippen molar-refractivity contribution in [3.8, 4) is 0 Å². The molecule has 0 N–H and O–H groups in total. The average molecular weight is 250 g/mol. The summed E-state index contributed by atoms with van der Waals surface area (Å²) >= 11 is 0. The van der Waals surface area contributed by atoms with Gasteiger partial charge in [-0.15, -0.1) is 0 Å². The second kappa shape index (κ2) is 4.73. The molecule has 0 saturated carbocycles. The zero-order valence-electron chi connectivity index (χ0n) is 10.5. The maximum Gasteiger partial charge on any atom is 0.330 e. The third-order valence-electron chi connectivity index (χ3n) is 3.50. The van der Waals surface area contributed by atoms with Crippen LogP contribution in [0.2, 0.25) is 0 Å². The molecule has 2 heteroatoms. The molecule has 0 spiro atoms. The number of carbonyl (C=O) groups excluding carboxylic acids is 1. The summed E-state index contributed by atoms with van der Waals surface area (Å²) in [6, 6.07) is 0. The van der Waals surface area contributed by atoms with Gasteiger partial charge in [-0.25, -0.2) is 4.79 Å². The molecule has 94 valence electrons. The number of hydrogen-bond donors (Lipinski definition) is 0. The largest absolute Gasteiger partial charge is 0.458 e. The van der Waals surface area contributed by atoms with Crippen LogP contribution in [0.15, 0.2) is 83.6 Å². The molecule has 0 radical (unpaired) electrons. The van der Waals surface area contributed by atoms with E-state index < -0.39 is 0 Å². The smallest absolute Gasteiger partial charge is 0.330 e. The van der Waals surface area contributed by atoms with Gasteiger partial charge in [-0.2, -0.15) is 0 Å². The quantitative estimate of drug-likeness (QED) is 0.568. The van der Waals surface area contributed by atoms with Gasteiger partial charge in [-0.05, 0) is 22.3 Å². The van der Waals surface area contributed by atoms with Crippen LogP contribution in [0.25, 0.3) is 0 Å². The molecule has 3 rings (SSSR count). The molecule has 0 aromatic carbocycles. The van der Waals surface area contributed by atoms with Crippen molar-refractivity contribution in [2.45, 2.75) is 0 Å². The minimum Gasteiger partial charge on any atom is -0.458 e. The summed E-state index contributed by atoms with van der Waals surface area (Å²) in [5.74, 6) is -0.0978. The Morgan fingerprint density at radius 2 is 1.89 bits per heavy atom. The molecule has 0 aromatic heterocycles. The van der Waals surface area contributed by atoms with Crippen molar-refractivity contribution >= 4 is 5.97 Å². The first-order valence-corrected chi connectivity index (χ1v) is 6.26. The molecule has 0 bridgehead atoms. The van der Waals surface area contributed by atoms with E-state index in [1.807, 2.05) is 12.2 Å². The second-order valence-corrected chi connectivity index (χ2v) is 4.61. The Morgan fingerprint density at radius 1 is 1.16 bits per heavy atom. The van der Waals surface area contributed by atoms with Crippen molar-refractivity contribution in [2.75, 3.05) is 6.61 Å². The zero-order valence-corrected chi connectivity index (χ0v) is 10.5. The lowest BCUT2D eigenvalue weighted by molar-refractivity contribution is -0.136. The first-order chi connectivity index (χ1) is 9.29. The van der Waals surface area contributed by atoms with Gasteiger partial charge in [0.25, 0.3) is 0 Å². The lowest BCUT2D eigenvalue weighted by Gasteiger charge is -2.31. The van der Waals surface area contributed by atoms with Crippen LogP contribution >= 0.6 is 0 Å². The van der Waals surface area contributed by atoms with Gasteiger partial charge < -0.3 is 4.74 Å². The summed E-state index contributed by atoms with van der Waals surface area (Å²) < 4.78 is 5.14. The van der Waals surface area contributed by atoms with Gasteiger partial charge in [0, 0.05) is 12.0 Å². The lowest BCUT2D eigenvalue weighted by atomic mass is 9.73. The lowest BCUT2D eigenvalue weighted by Crippen LogP contribution is -2.20. The van der Waals surface area contributed by atoms with Crippen LogP contribution in [0.5, 0.6) is 0 Å². The average Bonchev–Trinajstić information content (AvgIpc) is 2.47. The number of rotatable bonds is 3. The molecule has 3 aliphatic rings. The number of allylic oxidation sites excluding steroid dienone is 10. The predicted molar refractivity (Wildman–Crippen MR) is 75.3 cm³/mol. The van der Waals surface area contributed by atoms with E-state index in [9.17, 15) is 4.79 Å². The second-order valence-electron chi connectivity index (χ2n) is 4.61. The van der Waals surface area contributed by atoms with Gasteiger partial charge in [0.1, 0.15) is 6.61 Å². The monoisotopic (exact) mass is 250 g/mol. The highest BCUT2D eigenvalue weighted by Gasteiger charge is 2.28. The maximum atomic E-state index is 11.2. The van der Waals surface area contributed by atoms with E-state index in [1.54, 1.807) is 0 Å². The van der Waals surface area contributed by atoms with Crippen LogP contribution in [0.4, 0.5) is 0 Å². The Morgan fingerprint density at radius 3 is 2.68 bits per heavy atom. The van der Waals surface area contributed by atoms with E-state index in [2.05, 4.69) is 43.0 Å². The van der Waals surface area contributed by atoms with E-state index in [0.717, 1.165) is 5.57 Å². The Balaban J connectivity index is 1.91. The molecule has 0 unspecified atom stereocenters. The van der Waals surface area contributed by atoms with Crippen LogP contribution in [-0.4, -0.2) is 12.6 Å². The molecule has 0 aliphatic heterocycles. The van der Waals surface area contributed by atoms with E-state index >= 15 is 0 Å². The van der Waals surface area contributed by atoms with Crippen molar-refractivity contribution in [3.63, 3.8) is 0 Å². The fraction of sp³-hybridized carbons (Fsp3) is 0.118. The summed E-state index contributed by atoms with van der Waals surface area (Å²) in [7, 11) is 0. The Hall–Kier alpha value is -2.35. The van der Waals surface area contributed by atoms with Crippen molar-refractivity contribution in [2.24, 2.45) is 5.92 Å². The minimum atomic E-state index is -0.387. The number of hydrogen-bond acceptors (Lipinski definition) is 2. The molecule has 19 heavy (non-hydrogen) atoms. The van der Waals surface area contributed by atoms with Gasteiger partial charge in [0.15, 0.2) is 0 Å². The fourth-order valence-electron chi connectivity index (χ4n) is 2.60. The molecular weight excluding hydrogens is 236 g/mol. The van der Waals surface area contributed by atoms with Crippen molar-refractivity contribution in [3.05, 3.63) is 83.6 Å². The van der Waals surface area contributed by atoms with Crippen LogP contribution in [0.3, 0.4) is 0 Å². The van der Waals surface area contributed by atoms with Gasteiger partial charge >= 0.3 is 5.97 Å². The van der Waals surface area contributed by atoms with Crippen LogP contribution in [-0.2, 0) is 9.53 Å². The Bertz CT molecular complexity index is 622. The highest BCUT2D eigenvalue weighted by Crippen LogP contribution is 2.41.